The number of esters is 1. The third-order valence-electron chi connectivity index (χ3n) is 5.74. The van der Waals surface area contributed by atoms with Gasteiger partial charge in [0.1, 0.15) is 12.1 Å². The van der Waals surface area contributed by atoms with Crippen LogP contribution in [-0.4, -0.2) is 31.6 Å². The number of methoxy groups -OCH3 is 2. The lowest BCUT2D eigenvalue weighted by molar-refractivity contribution is -0.152. The van der Waals surface area contributed by atoms with E-state index in [1.165, 1.54) is 18.7 Å². The summed E-state index contributed by atoms with van der Waals surface area (Å²) in [6.07, 6.45) is 7.15. The number of hydrogen-bond donors (Lipinski definition) is 1. The normalized spacial score (nSPS) is 15.2. The number of benzene rings is 2. The Labute approximate surface area is 189 Å². The lowest BCUT2D eigenvalue weighted by Gasteiger charge is -2.34. The topological polar surface area (TPSA) is 73.9 Å². The zero-order valence-corrected chi connectivity index (χ0v) is 19.0. The average Bonchev–Trinajstić information content (AvgIpc) is 2.81. The highest BCUT2D eigenvalue weighted by molar-refractivity contribution is 5.96. The molecule has 0 saturated heterocycles. The van der Waals surface area contributed by atoms with Gasteiger partial charge in [0.05, 0.1) is 14.2 Å². The first-order valence-corrected chi connectivity index (χ1v) is 10.9. The predicted molar refractivity (Wildman–Crippen MR) is 124 cm³/mol. The summed E-state index contributed by atoms with van der Waals surface area (Å²) in [5.74, 6) is 0.507. The molecule has 1 aliphatic carbocycles. The van der Waals surface area contributed by atoms with Crippen LogP contribution in [0.15, 0.2) is 48.5 Å². The molecule has 1 saturated carbocycles. The van der Waals surface area contributed by atoms with Gasteiger partial charge in [0.25, 0.3) is 0 Å². The lowest BCUT2D eigenvalue weighted by Crippen LogP contribution is -2.55. The standard InChI is InChI=1S/C26H31NO5/c1-19-8-7-9-21(16-19)18-32-22-12-10-20(17-23(22)30-2)11-13-24(28)27-26(25(29)31-3)14-5-4-6-15-26/h7-13,16-17H,4-6,14-15,18H2,1-3H3,(H,27,28)/b13-11+. The molecule has 1 aliphatic rings. The molecular weight excluding hydrogens is 406 g/mol. The molecule has 1 N–H and O–H groups in total. The number of carbonyl (C=O) groups is 2. The molecule has 2 aromatic carbocycles. The summed E-state index contributed by atoms with van der Waals surface area (Å²) in [5, 5.41) is 2.88. The van der Waals surface area contributed by atoms with Gasteiger partial charge in [-0.2, -0.15) is 0 Å². The fourth-order valence-electron chi connectivity index (χ4n) is 4.05. The Morgan fingerprint density at radius 3 is 2.50 bits per heavy atom. The van der Waals surface area contributed by atoms with Crippen molar-refractivity contribution in [2.24, 2.45) is 0 Å². The van der Waals surface area contributed by atoms with Crippen LogP contribution in [0.3, 0.4) is 0 Å². The van der Waals surface area contributed by atoms with Crippen LogP contribution in [0.5, 0.6) is 11.5 Å². The number of amides is 1. The minimum absolute atomic E-state index is 0.323. The summed E-state index contributed by atoms with van der Waals surface area (Å²) in [5.41, 5.74) is 2.12. The fourth-order valence-corrected chi connectivity index (χ4v) is 4.05. The first kappa shape index (κ1) is 23.4. The van der Waals surface area contributed by atoms with E-state index in [1.54, 1.807) is 13.2 Å². The maximum absolute atomic E-state index is 12.6. The molecule has 32 heavy (non-hydrogen) atoms. The van der Waals surface area contributed by atoms with Gasteiger partial charge in [0.15, 0.2) is 11.5 Å². The molecular formula is C26H31NO5. The molecule has 170 valence electrons. The fraction of sp³-hybridized carbons (Fsp3) is 0.385. The Morgan fingerprint density at radius 2 is 1.81 bits per heavy atom. The molecule has 6 nitrogen and oxygen atoms in total. The van der Waals surface area contributed by atoms with Gasteiger partial charge in [0, 0.05) is 6.08 Å². The summed E-state index contributed by atoms with van der Waals surface area (Å²) in [6.45, 7) is 2.48. The molecule has 0 bridgehead atoms. The highest BCUT2D eigenvalue weighted by atomic mass is 16.5. The maximum atomic E-state index is 12.6. The van der Waals surface area contributed by atoms with Gasteiger partial charge < -0.3 is 19.5 Å². The van der Waals surface area contributed by atoms with Crippen molar-refractivity contribution in [1.29, 1.82) is 0 Å². The maximum Gasteiger partial charge on any atom is 0.331 e. The quantitative estimate of drug-likeness (QED) is 0.483. The van der Waals surface area contributed by atoms with E-state index in [0.29, 0.717) is 30.9 Å². The van der Waals surface area contributed by atoms with Gasteiger partial charge in [-0.1, -0.05) is 55.2 Å². The highest BCUT2D eigenvalue weighted by Crippen LogP contribution is 2.31. The van der Waals surface area contributed by atoms with E-state index in [9.17, 15) is 9.59 Å². The molecule has 3 rings (SSSR count). The molecule has 0 unspecified atom stereocenters. The summed E-state index contributed by atoms with van der Waals surface area (Å²) in [7, 11) is 2.94. The Bertz CT molecular complexity index is 976. The Balaban J connectivity index is 1.66. The van der Waals surface area contributed by atoms with E-state index in [-0.39, 0.29) is 11.9 Å². The average molecular weight is 438 g/mol. The van der Waals surface area contributed by atoms with Crippen LogP contribution in [0.2, 0.25) is 0 Å². The zero-order valence-electron chi connectivity index (χ0n) is 19.0. The molecule has 0 aromatic heterocycles. The van der Waals surface area contributed by atoms with Crippen LogP contribution in [-0.2, 0) is 20.9 Å². The van der Waals surface area contributed by atoms with Crippen molar-refractivity contribution in [1.82, 2.24) is 5.32 Å². The Morgan fingerprint density at radius 1 is 1.03 bits per heavy atom. The molecule has 0 radical (unpaired) electrons. The molecule has 6 heteroatoms. The van der Waals surface area contributed by atoms with E-state index < -0.39 is 5.54 Å². The molecule has 1 fully saturated rings. The Kier molecular flexibility index (Phi) is 7.92. The number of hydrogen-bond acceptors (Lipinski definition) is 5. The number of carbonyl (C=O) groups excluding carboxylic acids is 2. The number of aryl methyl sites for hydroxylation is 1. The minimum atomic E-state index is -0.931. The largest absolute Gasteiger partial charge is 0.493 e. The number of nitrogens with one attached hydrogen (secondary N) is 1. The van der Waals surface area contributed by atoms with E-state index in [0.717, 1.165) is 30.4 Å². The Hall–Kier alpha value is -3.28. The third-order valence-corrected chi connectivity index (χ3v) is 5.74. The summed E-state index contributed by atoms with van der Waals surface area (Å²) < 4.78 is 16.3. The number of ether oxygens (including phenoxy) is 3. The number of rotatable bonds is 8. The predicted octanol–water partition coefficient (Wildman–Crippen LogP) is 4.59. The van der Waals surface area contributed by atoms with Crippen LogP contribution in [0, 0.1) is 6.92 Å². The zero-order chi connectivity index (χ0) is 23.0. The SMILES string of the molecule is COC(=O)C1(NC(=O)/C=C/c2ccc(OCc3cccc(C)c3)c(OC)c2)CCCCC1. The first-order valence-electron chi connectivity index (χ1n) is 10.9. The van der Waals surface area contributed by atoms with Crippen molar-refractivity contribution in [3.8, 4) is 11.5 Å². The van der Waals surface area contributed by atoms with E-state index in [4.69, 9.17) is 14.2 Å². The monoisotopic (exact) mass is 437 g/mol. The van der Waals surface area contributed by atoms with Crippen molar-refractivity contribution >= 4 is 18.0 Å². The van der Waals surface area contributed by atoms with Gasteiger partial charge in [-0.25, -0.2) is 4.79 Å². The van der Waals surface area contributed by atoms with Gasteiger partial charge in [0.2, 0.25) is 5.91 Å². The van der Waals surface area contributed by atoms with E-state index >= 15 is 0 Å². The van der Waals surface area contributed by atoms with Gasteiger partial charge >= 0.3 is 5.97 Å². The smallest absolute Gasteiger partial charge is 0.331 e. The summed E-state index contributed by atoms with van der Waals surface area (Å²) >= 11 is 0. The molecule has 0 aliphatic heterocycles. The second kappa shape index (κ2) is 10.8. The third kappa shape index (κ3) is 5.90. The molecule has 0 heterocycles. The van der Waals surface area contributed by atoms with Crippen molar-refractivity contribution in [3.63, 3.8) is 0 Å². The van der Waals surface area contributed by atoms with Crippen LogP contribution in [0.1, 0.15) is 48.8 Å². The van der Waals surface area contributed by atoms with Crippen LogP contribution >= 0.6 is 0 Å². The van der Waals surface area contributed by atoms with Crippen molar-refractivity contribution in [2.75, 3.05) is 14.2 Å². The minimum Gasteiger partial charge on any atom is -0.493 e. The van der Waals surface area contributed by atoms with Crippen LogP contribution < -0.4 is 14.8 Å². The van der Waals surface area contributed by atoms with Crippen molar-refractivity contribution in [2.45, 2.75) is 51.2 Å². The van der Waals surface area contributed by atoms with Crippen LogP contribution in [0.25, 0.3) is 6.08 Å². The van der Waals surface area contributed by atoms with E-state index in [1.807, 2.05) is 43.3 Å². The van der Waals surface area contributed by atoms with Crippen molar-refractivity contribution < 1.29 is 23.8 Å². The molecule has 2 aromatic rings. The van der Waals surface area contributed by atoms with E-state index in [2.05, 4.69) is 11.4 Å². The van der Waals surface area contributed by atoms with Gasteiger partial charge in [-0.15, -0.1) is 0 Å². The first-order chi connectivity index (χ1) is 15.5. The second-order valence-corrected chi connectivity index (χ2v) is 8.14. The molecule has 0 spiro atoms. The second-order valence-electron chi connectivity index (χ2n) is 8.14. The molecule has 1 amide bonds. The molecule has 0 atom stereocenters. The van der Waals surface area contributed by atoms with Gasteiger partial charge in [-0.05, 0) is 49.1 Å². The lowest BCUT2D eigenvalue weighted by atomic mass is 9.81. The van der Waals surface area contributed by atoms with Crippen LogP contribution in [0.4, 0.5) is 0 Å². The van der Waals surface area contributed by atoms with Gasteiger partial charge in [-0.3, -0.25) is 4.79 Å². The van der Waals surface area contributed by atoms with Crippen molar-refractivity contribution in [3.05, 3.63) is 65.2 Å². The summed E-state index contributed by atoms with van der Waals surface area (Å²) in [4.78, 5) is 24.9. The summed E-state index contributed by atoms with van der Waals surface area (Å²) in [6, 6.07) is 13.6. The highest BCUT2D eigenvalue weighted by Gasteiger charge is 2.41.